The molecule has 0 aliphatic carbocycles. The molecule has 1 aliphatic rings. The number of para-hydroxylation sites is 1. The van der Waals surface area contributed by atoms with Crippen molar-refractivity contribution in [3.05, 3.63) is 65.1 Å². The fourth-order valence-corrected chi connectivity index (χ4v) is 4.09. The first-order chi connectivity index (χ1) is 19.1. The van der Waals surface area contributed by atoms with Crippen molar-refractivity contribution in [3.8, 4) is 23.4 Å². The van der Waals surface area contributed by atoms with Crippen molar-refractivity contribution in [2.45, 2.75) is 32.0 Å². The number of nitriles is 1. The summed E-state index contributed by atoms with van der Waals surface area (Å²) in [6, 6.07) is 9.68. The summed E-state index contributed by atoms with van der Waals surface area (Å²) in [4.78, 5) is 22.5. The van der Waals surface area contributed by atoms with Gasteiger partial charge in [0.25, 0.3) is 5.91 Å². The van der Waals surface area contributed by atoms with Gasteiger partial charge < -0.3 is 25.0 Å². The van der Waals surface area contributed by atoms with E-state index in [1.165, 1.54) is 30.3 Å². The number of benzene rings is 2. The van der Waals surface area contributed by atoms with E-state index in [4.69, 9.17) is 9.47 Å². The van der Waals surface area contributed by atoms with E-state index in [1.807, 2.05) is 13.1 Å². The number of likely N-dealkylation sites (tertiary alicyclic amines) is 1. The summed E-state index contributed by atoms with van der Waals surface area (Å²) in [5.41, 5.74) is -1.53. The van der Waals surface area contributed by atoms with Crippen LogP contribution in [0.25, 0.3) is 0 Å². The Morgan fingerprint density at radius 1 is 1.20 bits per heavy atom. The van der Waals surface area contributed by atoms with E-state index in [2.05, 4.69) is 25.5 Å². The standard InChI is InChI=1S/C27H26F4N6O3/c1-3-39-23-12-18(24(38)34-17-8-10-37(2)11-9-17)20(28)13-21(23)35-26-33-15-19(27(29,30)31)25(36-26)40-22-7-5-4-6-16(22)14-32/h4-7,12-13,15,17H,3,8-11H2,1-2H3,(H,34,38)(H,33,35,36). The molecular formula is C27H26F4N6O3. The predicted octanol–water partition coefficient (Wildman–Crippen LogP) is 5.26. The molecule has 0 saturated carbocycles. The number of amides is 1. The predicted molar refractivity (Wildman–Crippen MR) is 137 cm³/mol. The third kappa shape index (κ3) is 6.76. The molecule has 13 heteroatoms. The van der Waals surface area contributed by atoms with Crippen LogP contribution in [0, 0.1) is 17.1 Å². The maximum atomic E-state index is 15.1. The monoisotopic (exact) mass is 558 g/mol. The number of nitrogens with zero attached hydrogens (tertiary/aromatic N) is 4. The van der Waals surface area contributed by atoms with Crippen LogP contribution >= 0.6 is 0 Å². The zero-order valence-electron chi connectivity index (χ0n) is 21.7. The molecule has 1 aromatic heterocycles. The number of hydrogen-bond donors (Lipinski definition) is 2. The fourth-order valence-electron chi connectivity index (χ4n) is 4.09. The molecule has 40 heavy (non-hydrogen) atoms. The van der Waals surface area contributed by atoms with E-state index in [0.29, 0.717) is 6.20 Å². The van der Waals surface area contributed by atoms with Gasteiger partial charge in [0.2, 0.25) is 11.8 Å². The van der Waals surface area contributed by atoms with Gasteiger partial charge in [-0.05, 0) is 58.1 Å². The van der Waals surface area contributed by atoms with Gasteiger partial charge >= 0.3 is 6.18 Å². The van der Waals surface area contributed by atoms with Gasteiger partial charge in [-0.25, -0.2) is 9.37 Å². The second-order valence-electron chi connectivity index (χ2n) is 9.06. The Hall–Kier alpha value is -4.44. The third-order valence-electron chi connectivity index (χ3n) is 6.19. The lowest BCUT2D eigenvalue weighted by atomic mass is 10.0. The first-order valence-corrected chi connectivity index (χ1v) is 12.4. The number of alkyl halides is 3. The first-order valence-electron chi connectivity index (χ1n) is 12.4. The Balaban J connectivity index is 1.63. The van der Waals surface area contributed by atoms with Gasteiger partial charge in [0.1, 0.15) is 28.9 Å². The summed E-state index contributed by atoms with van der Waals surface area (Å²) in [6.45, 7) is 3.45. The smallest absolute Gasteiger partial charge is 0.423 e. The van der Waals surface area contributed by atoms with Crippen LogP contribution in [-0.4, -0.2) is 53.6 Å². The molecule has 0 spiro atoms. The SMILES string of the molecule is CCOc1cc(C(=O)NC2CCN(C)CC2)c(F)cc1Nc1ncc(C(F)(F)F)c(Oc2ccccc2C#N)n1. The highest BCUT2D eigenvalue weighted by atomic mass is 19.4. The number of anilines is 2. The summed E-state index contributed by atoms with van der Waals surface area (Å²) in [6.07, 6.45) is -2.88. The van der Waals surface area contributed by atoms with E-state index in [9.17, 15) is 23.2 Å². The van der Waals surface area contributed by atoms with Gasteiger partial charge in [-0.3, -0.25) is 4.79 Å². The van der Waals surface area contributed by atoms with E-state index in [1.54, 1.807) is 6.92 Å². The summed E-state index contributed by atoms with van der Waals surface area (Å²) in [5, 5.41) is 14.8. The van der Waals surface area contributed by atoms with Crippen molar-refractivity contribution < 1.29 is 31.8 Å². The molecule has 3 aromatic rings. The van der Waals surface area contributed by atoms with Gasteiger partial charge in [0.15, 0.2) is 0 Å². The minimum atomic E-state index is -4.86. The lowest BCUT2D eigenvalue weighted by Gasteiger charge is -2.29. The highest BCUT2D eigenvalue weighted by molar-refractivity contribution is 5.96. The van der Waals surface area contributed by atoms with Crippen LogP contribution in [0.2, 0.25) is 0 Å². The molecule has 2 heterocycles. The lowest BCUT2D eigenvalue weighted by molar-refractivity contribution is -0.139. The number of nitrogens with one attached hydrogen (secondary N) is 2. The Morgan fingerprint density at radius 3 is 2.60 bits per heavy atom. The largest absolute Gasteiger partial charge is 0.492 e. The number of halogens is 4. The number of hydrogen-bond acceptors (Lipinski definition) is 8. The molecular weight excluding hydrogens is 532 g/mol. The topological polar surface area (TPSA) is 112 Å². The Labute approximate surface area is 227 Å². The van der Waals surface area contributed by atoms with Gasteiger partial charge in [-0.2, -0.15) is 23.4 Å². The Morgan fingerprint density at radius 2 is 1.93 bits per heavy atom. The molecule has 0 bridgehead atoms. The maximum Gasteiger partial charge on any atom is 0.423 e. The summed E-state index contributed by atoms with van der Waals surface area (Å²) in [7, 11) is 1.98. The van der Waals surface area contributed by atoms with Crippen molar-refractivity contribution in [1.29, 1.82) is 5.26 Å². The lowest BCUT2D eigenvalue weighted by Crippen LogP contribution is -2.43. The van der Waals surface area contributed by atoms with Crippen molar-refractivity contribution in [2.24, 2.45) is 0 Å². The highest BCUT2D eigenvalue weighted by Crippen LogP contribution is 2.38. The third-order valence-corrected chi connectivity index (χ3v) is 6.19. The number of aromatic nitrogens is 2. The molecule has 0 radical (unpaired) electrons. The van der Waals surface area contributed by atoms with Gasteiger partial charge in [-0.1, -0.05) is 12.1 Å². The molecule has 9 nitrogen and oxygen atoms in total. The molecule has 1 fully saturated rings. The molecule has 0 atom stereocenters. The van der Waals surface area contributed by atoms with Gasteiger partial charge in [0, 0.05) is 18.3 Å². The minimum Gasteiger partial charge on any atom is -0.492 e. The number of rotatable bonds is 8. The molecule has 1 aliphatic heterocycles. The molecule has 4 rings (SSSR count). The van der Waals surface area contributed by atoms with Crippen LogP contribution in [0.4, 0.5) is 29.2 Å². The quantitative estimate of drug-likeness (QED) is 0.360. The Kier molecular flexibility index (Phi) is 8.69. The number of piperidine rings is 1. The van der Waals surface area contributed by atoms with E-state index in [-0.39, 0.29) is 46.9 Å². The second kappa shape index (κ2) is 12.2. The Bertz CT molecular complexity index is 1420. The van der Waals surface area contributed by atoms with Crippen LogP contribution in [0.15, 0.2) is 42.6 Å². The fraction of sp³-hybridized carbons (Fsp3) is 0.333. The van der Waals surface area contributed by atoms with Crippen LogP contribution in [0.3, 0.4) is 0 Å². The van der Waals surface area contributed by atoms with Crippen molar-refractivity contribution in [2.75, 3.05) is 32.1 Å². The first kappa shape index (κ1) is 28.6. The van der Waals surface area contributed by atoms with Crippen LogP contribution in [-0.2, 0) is 6.18 Å². The van der Waals surface area contributed by atoms with Crippen LogP contribution < -0.4 is 20.1 Å². The van der Waals surface area contributed by atoms with Gasteiger partial charge in [0.05, 0.1) is 23.4 Å². The molecule has 2 aromatic carbocycles. The van der Waals surface area contributed by atoms with Crippen molar-refractivity contribution in [3.63, 3.8) is 0 Å². The maximum absolute atomic E-state index is 15.1. The molecule has 1 saturated heterocycles. The van der Waals surface area contributed by atoms with E-state index < -0.39 is 29.3 Å². The molecule has 1 amide bonds. The number of carbonyl (C=O) groups excluding carboxylic acids is 1. The number of ether oxygens (including phenoxy) is 2. The summed E-state index contributed by atoms with van der Waals surface area (Å²) < 4.78 is 67.0. The molecule has 210 valence electrons. The second-order valence-corrected chi connectivity index (χ2v) is 9.06. The molecule has 2 N–H and O–H groups in total. The average molecular weight is 559 g/mol. The van der Waals surface area contributed by atoms with E-state index >= 15 is 4.39 Å². The minimum absolute atomic E-state index is 0.00133. The van der Waals surface area contributed by atoms with Crippen molar-refractivity contribution >= 4 is 17.5 Å². The normalized spacial score (nSPS) is 14.3. The van der Waals surface area contributed by atoms with Crippen molar-refractivity contribution in [1.82, 2.24) is 20.2 Å². The molecule has 0 unspecified atom stereocenters. The van der Waals surface area contributed by atoms with E-state index in [0.717, 1.165) is 32.0 Å². The summed E-state index contributed by atoms with van der Waals surface area (Å²) in [5.74, 6) is -2.76. The van der Waals surface area contributed by atoms with Gasteiger partial charge in [-0.15, -0.1) is 0 Å². The highest BCUT2D eigenvalue weighted by Gasteiger charge is 2.37. The van der Waals surface area contributed by atoms with Crippen LogP contribution in [0.1, 0.15) is 41.3 Å². The van der Waals surface area contributed by atoms with Crippen LogP contribution in [0.5, 0.6) is 17.4 Å². The average Bonchev–Trinajstić information content (AvgIpc) is 2.91. The zero-order valence-corrected chi connectivity index (χ0v) is 21.7. The zero-order chi connectivity index (χ0) is 28.9. The summed E-state index contributed by atoms with van der Waals surface area (Å²) >= 11 is 0. The number of carbonyl (C=O) groups is 1.